The van der Waals surface area contributed by atoms with E-state index in [1.807, 2.05) is 14.0 Å². The van der Waals surface area contributed by atoms with Crippen LogP contribution < -0.4 is 5.32 Å². The number of aromatic nitrogens is 2. The second-order valence-electron chi connectivity index (χ2n) is 2.79. The number of hydrogen-bond donors (Lipinski definition) is 1. The normalized spacial score (nSPS) is 10.3. The van der Waals surface area contributed by atoms with E-state index < -0.39 is 0 Å². The molecule has 0 aliphatic heterocycles. The van der Waals surface area contributed by atoms with Crippen molar-refractivity contribution in [3.05, 3.63) is 16.0 Å². The first-order valence-electron chi connectivity index (χ1n) is 4.44. The van der Waals surface area contributed by atoms with Crippen LogP contribution in [-0.2, 0) is 17.8 Å². The largest absolute Gasteiger partial charge is 0.378 e. The lowest BCUT2D eigenvalue weighted by molar-refractivity contribution is 0.180. The summed E-state index contributed by atoms with van der Waals surface area (Å²) in [5.74, 6) is 1.63. The summed E-state index contributed by atoms with van der Waals surface area (Å²) in [5.41, 5.74) is 0.878. The number of nitrogens with zero attached hydrogens (tertiary/aromatic N) is 2. The van der Waals surface area contributed by atoms with Crippen molar-refractivity contribution < 1.29 is 4.74 Å². The number of rotatable bonds is 4. The summed E-state index contributed by atoms with van der Waals surface area (Å²) in [6, 6.07) is 0. The van der Waals surface area contributed by atoms with E-state index in [-0.39, 0.29) is 0 Å². The second-order valence-corrected chi connectivity index (χ2v) is 3.58. The SMILES string of the molecule is CCc1nc(COC)c(Br)c(NC)n1. The number of methoxy groups -OCH3 is 1. The molecule has 0 aliphatic carbocycles. The van der Waals surface area contributed by atoms with E-state index in [0.29, 0.717) is 6.61 Å². The third kappa shape index (κ3) is 2.42. The van der Waals surface area contributed by atoms with Gasteiger partial charge < -0.3 is 10.1 Å². The third-order valence-corrected chi connectivity index (χ3v) is 2.63. The molecule has 1 rings (SSSR count). The van der Waals surface area contributed by atoms with Crippen molar-refractivity contribution in [3.63, 3.8) is 0 Å². The molecule has 0 radical (unpaired) electrons. The van der Waals surface area contributed by atoms with Gasteiger partial charge in [-0.15, -0.1) is 0 Å². The highest BCUT2D eigenvalue weighted by Gasteiger charge is 2.09. The summed E-state index contributed by atoms with van der Waals surface area (Å²) in [5, 5.41) is 3.02. The van der Waals surface area contributed by atoms with E-state index in [1.54, 1.807) is 7.11 Å². The Labute approximate surface area is 92.2 Å². The van der Waals surface area contributed by atoms with E-state index >= 15 is 0 Å². The quantitative estimate of drug-likeness (QED) is 0.899. The molecule has 0 saturated heterocycles. The molecule has 14 heavy (non-hydrogen) atoms. The van der Waals surface area contributed by atoms with Crippen LogP contribution in [0.4, 0.5) is 5.82 Å². The molecule has 0 bridgehead atoms. The summed E-state index contributed by atoms with van der Waals surface area (Å²) in [7, 11) is 3.49. The standard InChI is InChI=1S/C9H14BrN3O/c1-4-7-12-6(5-14-3)8(10)9(11-2)13-7/h4-5H2,1-3H3,(H,11,12,13). The van der Waals surface area contributed by atoms with Crippen LogP contribution in [0.15, 0.2) is 4.47 Å². The molecular formula is C9H14BrN3O. The molecule has 0 unspecified atom stereocenters. The summed E-state index contributed by atoms with van der Waals surface area (Å²) in [6.45, 7) is 2.52. The fraction of sp³-hybridized carbons (Fsp3) is 0.556. The Morgan fingerprint density at radius 3 is 2.64 bits per heavy atom. The average Bonchev–Trinajstić information content (AvgIpc) is 2.21. The van der Waals surface area contributed by atoms with Gasteiger partial charge in [-0.05, 0) is 15.9 Å². The van der Waals surface area contributed by atoms with Crippen molar-refractivity contribution in [1.82, 2.24) is 9.97 Å². The predicted octanol–water partition coefficient (Wildman–Crippen LogP) is 1.99. The van der Waals surface area contributed by atoms with Crippen LogP contribution >= 0.6 is 15.9 Å². The highest BCUT2D eigenvalue weighted by atomic mass is 79.9. The minimum atomic E-state index is 0.491. The van der Waals surface area contributed by atoms with Gasteiger partial charge in [0.2, 0.25) is 0 Å². The number of ether oxygens (including phenoxy) is 1. The molecule has 1 aromatic rings. The van der Waals surface area contributed by atoms with Crippen LogP contribution in [0.3, 0.4) is 0 Å². The van der Waals surface area contributed by atoms with Crippen molar-refractivity contribution in [2.24, 2.45) is 0 Å². The van der Waals surface area contributed by atoms with Gasteiger partial charge in [0.1, 0.15) is 11.6 Å². The molecule has 1 aromatic heterocycles. The van der Waals surface area contributed by atoms with Crippen molar-refractivity contribution in [2.45, 2.75) is 20.0 Å². The highest BCUT2D eigenvalue weighted by molar-refractivity contribution is 9.10. The van der Waals surface area contributed by atoms with Gasteiger partial charge >= 0.3 is 0 Å². The number of anilines is 1. The lowest BCUT2D eigenvalue weighted by Crippen LogP contribution is -2.05. The van der Waals surface area contributed by atoms with Crippen LogP contribution in [0.5, 0.6) is 0 Å². The van der Waals surface area contributed by atoms with Crippen molar-refractivity contribution >= 4 is 21.7 Å². The van der Waals surface area contributed by atoms with Crippen molar-refractivity contribution in [1.29, 1.82) is 0 Å². The minimum Gasteiger partial charge on any atom is -0.378 e. The second kappa shape index (κ2) is 5.26. The fourth-order valence-electron chi connectivity index (χ4n) is 1.10. The Morgan fingerprint density at radius 2 is 2.14 bits per heavy atom. The van der Waals surface area contributed by atoms with Gasteiger partial charge in [-0.1, -0.05) is 6.92 Å². The maximum atomic E-state index is 5.06. The molecule has 0 spiro atoms. The van der Waals surface area contributed by atoms with Crippen LogP contribution in [0.25, 0.3) is 0 Å². The smallest absolute Gasteiger partial charge is 0.144 e. The number of hydrogen-bond acceptors (Lipinski definition) is 4. The Bertz CT molecular complexity index is 317. The zero-order valence-corrected chi connectivity index (χ0v) is 10.2. The maximum absolute atomic E-state index is 5.06. The Morgan fingerprint density at radius 1 is 1.43 bits per heavy atom. The molecule has 1 heterocycles. The molecule has 1 N–H and O–H groups in total. The van der Waals surface area contributed by atoms with E-state index in [9.17, 15) is 0 Å². The highest BCUT2D eigenvalue weighted by Crippen LogP contribution is 2.23. The van der Waals surface area contributed by atoms with Crippen LogP contribution in [0, 0.1) is 0 Å². The molecule has 0 aromatic carbocycles. The molecule has 78 valence electrons. The van der Waals surface area contributed by atoms with E-state index in [0.717, 1.165) is 28.2 Å². The molecule has 0 atom stereocenters. The van der Waals surface area contributed by atoms with Gasteiger partial charge in [0.05, 0.1) is 16.8 Å². The van der Waals surface area contributed by atoms with Gasteiger partial charge in [-0.3, -0.25) is 0 Å². The predicted molar refractivity (Wildman–Crippen MR) is 59.4 cm³/mol. The summed E-state index contributed by atoms with van der Waals surface area (Å²) < 4.78 is 5.93. The molecule has 0 fully saturated rings. The molecule has 0 saturated carbocycles. The van der Waals surface area contributed by atoms with Gasteiger partial charge in [0.25, 0.3) is 0 Å². The third-order valence-electron chi connectivity index (χ3n) is 1.80. The van der Waals surface area contributed by atoms with E-state index in [1.165, 1.54) is 0 Å². The zero-order valence-electron chi connectivity index (χ0n) is 8.59. The molecule has 0 aliphatic rings. The monoisotopic (exact) mass is 259 g/mol. The first-order chi connectivity index (χ1) is 6.72. The van der Waals surface area contributed by atoms with E-state index in [4.69, 9.17) is 4.74 Å². The van der Waals surface area contributed by atoms with Crippen LogP contribution in [0.1, 0.15) is 18.4 Å². The number of halogens is 1. The Kier molecular flexibility index (Phi) is 4.28. The molecular weight excluding hydrogens is 246 g/mol. The first-order valence-corrected chi connectivity index (χ1v) is 5.24. The number of nitrogens with one attached hydrogen (secondary N) is 1. The van der Waals surface area contributed by atoms with E-state index in [2.05, 4.69) is 31.2 Å². The topological polar surface area (TPSA) is 47.0 Å². The zero-order chi connectivity index (χ0) is 10.6. The molecule has 4 nitrogen and oxygen atoms in total. The summed E-state index contributed by atoms with van der Waals surface area (Å²) in [6.07, 6.45) is 0.818. The van der Waals surface area contributed by atoms with Crippen molar-refractivity contribution in [3.8, 4) is 0 Å². The summed E-state index contributed by atoms with van der Waals surface area (Å²) >= 11 is 3.44. The molecule has 5 heteroatoms. The summed E-state index contributed by atoms with van der Waals surface area (Å²) in [4.78, 5) is 8.69. The number of aryl methyl sites for hydroxylation is 1. The lowest BCUT2D eigenvalue weighted by atomic mass is 10.3. The van der Waals surface area contributed by atoms with Gasteiger partial charge in [-0.2, -0.15) is 0 Å². The average molecular weight is 260 g/mol. The Balaban J connectivity index is 3.12. The van der Waals surface area contributed by atoms with Crippen molar-refractivity contribution in [2.75, 3.05) is 19.5 Å². The van der Waals surface area contributed by atoms with Gasteiger partial charge in [-0.25, -0.2) is 9.97 Å². The van der Waals surface area contributed by atoms with Gasteiger partial charge in [0.15, 0.2) is 0 Å². The van der Waals surface area contributed by atoms with Crippen LogP contribution in [-0.4, -0.2) is 24.1 Å². The first kappa shape index (κ1) is 11.4. The van der Waals surface area contributed by atoms with Crippen LogP contribution in [0.2, 0.25) is 0 Å². The molecule has 0 amide bonds. The fourth-order valence-corrected chi connectivity index (χ4v) is 1.59. The lowest BCUT2D eigenvalue weighted by Gasteiger charge is -2.09. The maximum Gasteiger partial charge on any atom is 0.144 e. The Hall–Kier alpha value is -0.680. The van der Waals surface area contributed by atoms with Gasteiger partial charge in [0, 0.05) is 20.6 Å². The minimum absolute atomic E-state index is 0.491.